The molecule has 1 N–H and O–H groups in total. The minimum Gasteiger partial charge on any atom is -0.487 e. The molecule has 0 fully saturated rings. The number of carbonyl (C=O) groups excluding carboxylic acids is 1. The molecule has 2 heterocycles. The van der Waals surface area contributed by atoms with E-state index in [1.807, 2.05) is 27.8 Å². The number of ether oxygens (including phenoxy) is 1. The highest BCUT2D eigenvalue weighted by molar-refractivity contribution is 5.77. The Balaban J connectivity index is 1.69. The number of halogens is 1. The summed E-state index contributed by atoms with van der Waals surface area (Å²) in [6.45, 7) is 5.88. The Bertz CT molecular complexity index is 798. The van der Waals surface area contributed by atoms with Crippen LogP contribution in [0.3, 0.4) is 0 Å². The zero-order valence-electron chi connectivity index (χ0n) is 15.1. The van der Waals surface area contributed by atoms with E-state index < -0.39 is 5.60 Å². The molecule has 25 heavy (non-hydrogen) atoms. The van der Waals surface area contributed by atoms with Crippen LogP contribution >= 0.6 is 0 Å². The lowest BCUT2D eigenvalue weighted by Gasteiger charge is -2.37. The van der Waals surface area contributed by atoms with E-state index in [-0.39, 0.29) is 17.8 Å². The van der Waals surface area contributed by atoms with Gasteiger partial charge in [-0.2, -0.15) is 5.10 Å². The van der Waals surface area contributed by atoms with E-state index >= 15 is 0 Å². The topological polar surface area (TPSA) is 56.1 Å². The second-order valence-electron chi connectivity index (χ2n) is 7.25. The number of aryl methyl sites for hydroxylation is 2. The Morgan fingerprint density at radius 1 is 1.48 bits per heavy atom. The van der Waals surface area contributed by atoms with Crippen LogP contribution in [0.25, 0.3) is 0 Å². The summed E-state index contributed by atoms with van der Waals surface area (Å²) < 4.78 is 21.2. The first-order valence-corrected chi connectivity index (χ1v) is 8.50. The normalized spacial score (nSPS) is 18.4. The molecule has 0 aliphatic carbocycles. The Hall–Kier alpha value is -2.37. The second-order valence-corrected chi connectivity index (χ2v) is 7.25. The molecule has 6 heteroatoms. The van der Waals surface area contributed by atoms with E-state index in [2.05, 4.69) is 10.4 Å². The van der Waals surface area contributed by atoms with Crippen molar-refractivity contribution in [2.45, 2.75) is 51.7 Å². The van der Waals surface area contributed by atoms with Crippen molar-refractivity contribution in [2.24, 2.45) is 7.05 Å². The molecule has 1 aliphatic heterocycles. The molecule has 0 saturated carbocycles. The lowest BCUT2D eigenvalue weighted by molar-refractivity contribution is -0.122. The lowest BCUT2D eigenvalue weighted by atomic mass is 9.89. The number of fused-ring (bicyclic) bond motifs is 1. The highest BCUT2D eigenvalue weighted by Crippen LogP contribution is 2.39. The van der Waals surface area contributed by atoms with Crippen LogP contribution in [0.15, 0.2) is 24.4 Å². The third-order valence-electron chi connectivity index (χ3n) is 4.73. The lowest BCUT2D eigenvalue weighted by Crippen LogP contribution is -2.41. The predicted molar refractivity (Wildman–Crippen MR) is 92.9 cm³/mol. The number of benzene rings is 1. The number of amides is 1. The van der Waals surface area contributed by atoms with Crippen molar-refractivity contribution >= 4 is 5.91 Å². The number of hydrogen-bond acceptors (Lipinski definition) is 3. The van der Waals surface area contributed by atoms with Crippen LogP contribution in [0.2, 0.25) is 0 Å². The van der Waals surface area contributed by atoms with E-state index in [4.69, 9.17) is 4.74 Å². The fourth-order valence-corrected chi connectivity index (χ4v) is 3.26. The Morgan fingerprint density at radius 3 is 2.92 bits per heavy atom. The minimum atomic E-state index is -0.460. The molecular formula is C19H24FN3O2. The van der Waals surface area contributed by atoms with Gasteiger partial charge in [-0.3, -0.25) is 9.48 Å². The van der Waals surface area contributed by atoms with Crippen LogP contribution in [0.1, 0.15) is 49.6 Å². The van der Waals surface area contributed by atoms with Crippen LogP contribution in [0, 0.1) is 12.7 Å². The highest BCUT2D eigenvalue weighted by atomic mass is 19.1. The largest absolute Gasteiger partial charge is 0.487 e. The summed E-state index contributed by atoms with van der Waals surface area (Å²) in [7, 11) is 1.89. The van der Waals surface area contributed by atoms with E-state index in [1.54, 1.807) is 16.9 Å². The molecule has 1 aromatic carbocycles. The smallest absolute Gasteiger partial charge is 0.220 e. The van der Waals surface area contributed by atoms with Crippen LogP contribution < -0.4 is 10.1 Å². The number of aromatic nitrogens is 2. The van der Waals surface area contributed by atoms with Crippen molar-refractivity contribution in [3.63, 3.8) is 0 Å². The average molecular weight is 345 g/mol. The van der Waals surface area contributed by atoms with Crippen molar-refractivity contribution in [1.82, 2.24) is 15.1 Å². The Morgan fingerprint density at radius 2 is 2.24 bits per heavy atom. The van der Waals surface area contributed by atoms with Gasteiger partial charge in [-0.1, -0.05) is 6.07 Å². The van der Waals surface area contributed by atoms with Crippen molar-refractivity contribution in [3.05, 3.63) is 47.0 Å². The van der Waals surface area contributed by atoms with Gasteiger partial charge in [0.15, 0.2) is 0 Å². The van der Waals surface area contributed by atoms with Gasteiger partial charge in [0.05, 0.1) is 12.2 Å². The fraction of sp³-hybridized carbons (Fsp3) is 0.474. The monoisotopic (exact) mass is 345 g/mol. The summed E-state index contributed by atoms with van der Waals surface area (Å²) in [4.78, 5) is 12.4. The first kappa shape index (κ1) is 17.5. The van der Waals surface area contributed by atoms with Gasteiger partial charge in [0, 0.05) is 37.2 Å². The van der Waals surface area contributed by atoms with Crippen molar-refractivity contribution in [3.8, 4) is 5.75 Å². The maximum atomic E-state index is 13.5. The number of nitrogens with zero attached hydrogens (tertiary/aromatic N) is 2. The maximum Gasteiger partial charge on any atom is 0.220 e. The van der Waals surface area contributed by atoms with Gasteiger partial charge in [-0.25, -0.2) is 4.39 Å². The van der Waals surface area contributed by atoms with Gasteiger partial charge in [0.25, 0.3) is 0 Å². The van der Waals surface area contributed by atoms with E-state index in [9.17, 15) is 9.18 Å². The molecule has 5 nitrogen and oxygen atoms in total. The van der Waals surface area contributed by atoms with E-state index in [1.165, 1.54) is 12.1 Å². The number of carbonyl (C=O) groups is 1. The van der Waals surface area contributed by atoms with Gasteiger partial charge in [0.1, 0.15) is 17.2 Å². The summed E-state index contributed by atoms with van der Waals surface area (Å²) >= 11 is 0. The summed E-state index contributed by atoms with van der Waals surface area (Å²) in [5, 5.41) is 7.28. The Kier molecular flexibility index (Phi) is 4.54. The summed E-state index contributed by atoms with van der Waals surface area (Å²) in [5.41, 5.74) is 2.51. The Labute approximate surface area is 147 Å². The molecular weight excluding hydrogens is 321 g/mol. The predicted octanol–water partition coefficient (Wildman–Crippen LogP) is 3.22. The average Bonchev–Trinajstić information content (AvgIpc) is 2.83. The van der Waals surface area contributed by atoms with Crippen molar-refractivity contribution in [1.29, 1.82) is 0 Å². The highest BCUT2D eigenvalue weighted by Gasteiger charge is 2.34. The first-order valence-electron chi connectivity index (χ1n) is 8.50. The standard InChI is InChI=1S/C19H24FN3O2/c1-12-13(11-21-23(12)4)5-8-18(24)22-16-10-19(2,3)25-17-9-14(20)6-7-15(16)17/h6-7,9,11,16H,5,8,10H2,1-4H3,(H,22,24). The van der Waals surface area contributed by atoms with Gasteiger partial charge in [-0.05, 0) is 38.8 Å². The summed E-state index contributed by atoms with van der Waals surface area (Å²) in [6.07, 6.45) is 3.48. The summed E-state index contributed by atoms with van der Waals surface area (Å²) in [5.74, 6) is 0.138. The van der Waals surface area contributed by atoms with Crippen molar-refractivity contribution < 1.29 is 13.9 Å². The maximum absolute atomic E-state index is 13.5. The molecule has 1 aromatic heterocycles. The summed E-state index contributed by atoms with van der Waals surface area (Å²) in [6, 6.07) is 4.30. The molecule has 1 atom stereocenters. The van der Waals surface area contributed by atoms with E-state index in [0.717, 1.165) is 16.8 Å². The van der Waals surface area contributed by atoms with Gasteiger partial charge in [0.2, 0.25) is 5.91 Å². The molecule has 3 rings (SSSR count). The van der Waals surface area contributed by atoms with Gasteiger partial charge in [-0.15, -0.1) is 0 Å². The van der Waals surface area contributed by atoms with Crippen LogP contribution in [0.4, 0.5) is 4.39 Å². The molecule has 0 spiro atoms. The molecule has 0 radical (unpaired) electrons. The van der Waals surface area contributed by atoms with E-state index in [0.29, 0.717) is 25.0 Å². The number of rotatable bonds is 4. The van der Waals surface area contributed by atoms with Crippen LogP contribution in [-0.4, -0.2) is 21.3 Å². The van der Waals surface area contributed by atoms with Gasteiger partial charge >= 0.3 is 0 Å². The molecule has 0 saturated heterocycles. The molecule has 2 aromatic rings. The molecule has 134 valence electrons. The number of nitrogens with one attached hydrogen (secondary N) is 1. The third kappa shape index (κ3) is 3.83. The minimum absolute atomic E-state index is 0.0266. The molecule has 1 aliphatic rings. The van der Waals surface area contributed by atoms with Crippen LogP contribution in [0.5, 0.6) is 5.75 Å². The van der Waals surface area contributed by atoms with Crippen LogP contribution in [-0.2, 0) is 18.3 Å². The zero-order valence-corrected chi connectivity index (χ0v) is 15.1. The number of hydrogen-bond donors (Lipinski definition) is 1. The van der Waals surface area contributed by atoms with Crippen molar-refractivity contribution in [2.75, 3.05) is 0 Å². The zero-order chi connectivity index (χ0) is 18.2. The fourth-order valence-electron chi connectivity index (χ4n) is 3.26. The third-order valence-corrected chi connectivity index (χ3v) is 4.73. The second kappa shape index (κ2) is 6.50. The molecule has 0 bridgehead atoms. The van der Waals surface area contributed by atoms with Gasteiger partial charge < -0.3 is 10.1 Å². The molecule has 1 unspecified atom stereocenters. The quantitative estimate of drug-likeness (QED) is 0.926. The SMILES string of the molecule is Cc1c(CCC(=O)NC2CC(C)(C)Oc3cc(F)ccc32)cnn1C. The first-order chi connectivity index (χ1) is 11.7. The molecule has 1 amide bonds.